The molecule has 0 fully saturated rings. The summed E-state index contributed by atoms with van der Waals surface area (Å²) in [4.78, 5) is 28.5. The summed E-state index contributed by atoms with van der Waals surface area (Å²) in [5.41, 5.74) is 0.228. The number of urea groups is 1. The molecule has 1 aromatic carbocycles. The largest absolute Gasteiger partial charge is 0.478 e. The van der Waals surface area contributed by atoms with Crippen LogP contribution in [0.2, 0.25) is 0 Å². The van der Waals surface area contributed by atoms with E-state index >= 15 is 0 Å². The van der Waals surface area contributed by atoms with Crippen molar-refractivity contribution in [1.82, 2.24) is 20.1 Å². The molecule has 0 atom stereocenters. The molecule has 1 aromatic heterocycles. The van der Waals surface area contributed by atoms with Gasteiger partial charge < -0.3 is 15.3 Å². The Labute approximate surface area is 128 Å². The number of nitrogens with one attached hydrogen (secondary N) is 2. The smallest absolute Gasteiger partial charge is 0.337 e. The molecule has 2 rings (SSSR count). The topological polar surface area (TPSA) is 111 Å². The zero-order chi connectivity index (χ0) is 15.4. The monoisotopic (exact) mass is 353 g/mol. The predicted molar refractivity (Wildman–Crippen MR) is 78.0 cm³/mol. The van der Waals surface area contributed by atoms with Crippen LogP contribution in [0.3, 0.4) is 0 Å². The van der Waals surface area contributed by atoms with E-state index in [4.69, 9.17) is 5.11 Å². The Morgan fingerprint density at radius 1 is 1.48 bits per heavy atom. The molecule has 21 heavy (non-hydrogen) atoms. The number of halogens is 1. The van der Waals surface area contributed by atoms with Crippen LogP contribution in [0.25, 0.3) is 0 Å². The van der Waals surface area contributed by atoms with E-state index in [1.807, 2.05) is 0 Å². The fourth-order valence-corrected chi connectivity index (χ4v) is 1.98. The highest BCUT2D eigenvalue weighted by atomic mass is 79.9. The van der Waals surface area contributed by atoms with E-state index < -0.39 is 12.0 Å². The van der Waals surface area contributed by atoms with Gasteiger partial charge in [-0.2, -0.15) is 5.10 Å². The maximum Gasteiger partial charge on any atom is 0.337 e. The van der Waals surface area contributed by atoms with Crippen LogP contribution in [0, 0.1) is 0 Å². The highest BCUT2D eigenvalue weighted by Crippen LogP contribution is 2.21. The van der Waals surface area contributed by atoms with Crippen LogP contribution >= 0.6 is 15.9 Å². The molecule has 0 bridgehead atoms. The summed E-state index contributed by atoms with van der Waals surface area (Å²) >= 11 is 3.19. The summed E-state index contributed by atoms with van der Waals surface area (Å²) in [5, 5.41) is 18.0. The quantitative estimate of drug-likeness (QED) is 0.777. The van der Waals surface area contributed by atoms with E-state index in [2.05, 4.69) is 36.4 Å². The number of nitrogens with zero attached hydrogens (tertiary/aromatic N) is 3. The van der Waals surface area contributed by atoms with Crippen LogP contribution in [0.4, 0.5) is 10.5 Å². The van der Waals surface area contributed by atoms with E-state index in [0.29, 0.717) is 10.3 Å². The van der Waals surface area contributed by atoms with Gasteiger partial charge in [0.1, 0.15) is 12.2 Å². The second-order valence-electron chi connectivity index (χ2n) is 4.21. The molecule has 0 aliphatic carbocycles. The van der Waals surface area contributed by atoms with Crippen LogP contribution in [-0.2, 0) is 6.54 Å². The summed E-state index contributed by atoms with van der Waals surface area (Å²) in [6.07, 6.45) is 1.35. The standard InChI is InChI=1S/C12H12BrN5O3/c1-18(5-10-14-6-15-17-10)12(21)16-9-3-2-7(13)4-8(9)11(19)20/h2-4,6H,5H2,1H3,(H,16,21)(H,19,20)(H,14,15,17). The summed E-state index contributed by atoms with van der Waals surface area (Å²) in [7, 11) is 1.57. The number of carboxylic acids is 1. The zero-order valence-corrected chi connectivity index (χ0v) is 12.6. The van der Waals surface area contributed by atoms with Crippen LogP contribution in [0.15, 0.2) is 29.0 Å². The molecule has 0 radical (unpaired) electrons. The SMILES string of the molecule is CN(Cc1ncn[nH]1)C(=O)Nc1ccc(Br)cc1C(=O)O. The second-order valence-corrected chi connectivity index (χ2v) is 5.13. The Morgan fingerprint density at radius 2 is 2.24 bits per heavy atom. The molecular formula is C12H12BrN5O3. The first-order chi connectivity index (χ1) is 9.97. The first kappa shape index (κ1) is 15.0. The highest BCUT2D eigenvalue weighted by molar-refractivity contribution is 9.10. The van der Waals surface area contributed by atoms with Gasteiger partial charge in [-0.15, -0.1) is 0 Å². The number of hydrogen-bond donors (Lipinski definition) is 3. The molecule has 9 heteroatoms. The Hall–Kier alpha value is -2.42. The van der Waals surface area contributed by atoms with Gasteiger partial charge in [0.05, 0.1) is 17.8 Å². The van der Waals surface area contributed by atoms with Crippen molar-refractivity contribution >= 4 is 33.6 Å². The maximum absolute atomic E-state index is 12.0. The highest BCUT2D eigenvalue weighted by Gasteiger charge is 2.16. The first-order valence-corrected chi connectivity index (χ1v) is 6.66. The summed E-state index contributed by atoms with van der Waals surface area (Å²) in [5.74, 6) is -0.591. The van der Waals surface area contributed by atoms with Crippen LogP contribution in [0.1, 0.15) is 16.2 Å². The lowest BCUT2D eigenvalue weighted by Crippen LogP contribution is -2.31. The third kappa shape index (κ3) is 3.78. The van der Waals surface area contributed by atoms with Crippen molar-refractivity contribution in [2.75, 3.05) is 12.4 Å². The minimum Gasteiger partial charge on any atom is -0.478 e. The number of aromatic amines is 1. The number of aromatic carboxylic acids is 1. The molecule has 0 aliphatic heterocycles. The number of aromatic nitrogens is 3. The molecule has 0 unspecified atom stereocenters. The molecule has 2 amide bonds. The van der Waals surface area contributed by atoms with Crippen LogP contribution in [0.5, 0.6) is 0 Å². The van der Waals surface area contributed by atoms with E-state index in [1.54, 1.807) is 13.1 Å². The van der Waals surface area contributed by atoms with Crippen molar-refractivity contribution in [3.63, 3.8) is 0 Å². The van der Waals surface area contributed by atoms with Gasteiger partial charge in [0.25, 0.3) is 0 Å². The summed E-state index contributed by atoms with van der Waals surface area (Å²) in [6.45, 7) is 0.227. The van der Waals surface area contributed by atoms with E-state index in [0.717, 1.165) is 0 Å². The third-order valence-corrected chi connectivity index (χ3v) is 3.15. The number of benzene rings is 1. The van der Waals surface area contributed by atoms with E-state index in [9.17, 15) is 9.59 Å². The zero-order valence-electron chi connectivity index (χ0n) is 11.0. The lowest BCUT2D eigenvalue weighted by Gasteiger charge is -2.17. The molecule has 1 heterocycles. The average molecular weight is 354 g/mol. The number of amides is 2. The van der Waals surface area contributed by atoms with Gasteiger partial charge in [0.15, 0.2) is 0 Å². The fraction of sp³-hybridized carbons (Fsp3) is 0.167. The molecule has 0 spiro atoms. The summed E-state index contributed by atoms with van der Waals surface area (Å²) in [6, 6.07) is 4.15. The molecular weight excluding hydrogens is 342 g/mol. The normalized spacial score (nSPS) is 10.2. The molecule has 0 aliphatic rings. The number of carboxylic acid groups (broad SMARTS) is 1. The molecule has 110 valence electrons. The van der Waals surface area contributed by atoms with Gasteiger partial charge >= 0.3 is 12.0 Å². The van der Waals surface area contributed by atoms with Gasteiger partial charge in [0, 0.05) is 11.5 Å². The number of anilines is 1. The molecule has 2 aromatic rings. The predicted octanol–water partition coefficient (Wildman–Crippen LogP) is 1.93. The molecule has 8 nitrogen and oxygen atoms in total. The van der Waals surface area contributed by atoms with E-state index in [-0.39, 0.29) is 17.8 Å². The van der Waals surface area contributed by atoms with Crippen LogP contribution < -0.4 is 5.32 Å². The van der Waals surface area contributed by atoms with Crippen molar-refractivity contribution in [3.8, 4) is 0 Å². The van der Waals surface area contributed by atoms with Gasteiger partial charge in [0.2, 0.25) is 0 Å². The maximum atomic E-state index is 12.0. The third-order valence-electron chi connectivity index (χ3n) is 2.65. The second kappa shape index (κ2) is 6.35. The molecule has 0 saturated carbocycles. The average Bonchev–Trinajstić information content (AvgIpc) is 2.93. The number of carbonyl (C=O) groups is 2. The number of rotatable bonds is 4. The van der Waals surface area contributed by atoms with Crippen molar-refractivity contribution in [2.24, 2.45) is 0 Å². The molecule has 3 N–H and O–H groups in total. The Balaban J connectivity index is 2.10. The van der Waals surface area contributed by atoms with E-state index in [1.165, 1.54) is 23.4 Å². The van der Waals surface area contributed by atoms with Gasteiger partial charge in [-0.1, -0.05) is 15.9 Å². The van der Waals surface area contributed by atoms with Crippen molar-refractivity contribution in [3.05, 3.63) is 40.4 Å². The Kier molecular flexibility index (Phi) is 4.53. The summed E-state index contributed by atoms with van der Waals surface area (Å²) < 4.78 is 0.618. The van der Waals surface area contributed by atoms with Gasteiger partial charge in [-0.3, -0.25) is 5.10 Å². The first-order valence-electron chi connectivity index (χ1n) is 5.86. The fourth-order valence-electron chi connectivity index (χ4n) is 1.62. The van der Waals surface area contributed by atoms with Crippen molar-refractivity contribution < 1.29 is 14.7 Å². The lowest BCUT2D eigenvalue weighted by molar-refractivity contribution is 0.0698. The minimum atomic E-state index is -1.12. The minimum absolute atomic E-state index is 0.00536. The molecule has 0 saturated heterocycles. The Morgan fingerprint density at radius 3 is 2.86 bits per heavy atom. The van der Waals surface area contributed by atoms with Crippen molar-refractivity contribution in [1.29, 1.82) is 0 Å². The van der Waals surface area contributed by atoms with Crippen LogP contribution in [-0.4, -0.2) is 44.2 Å². The van der Waals surface area contributed by atoms with Crippen molar-refractivity contribution in [2.45, 2.75) is 6.54 Å². The Bertz CT molecular complexity index is 659. The number of H-pyrrole nitrogens is 1. The van der Waals surface area contributed by atoms with Gasteiger partial charge in [-0.25, -0.2) is 14.6 Å². The lowest BCUT2D eigenvalue weighted by atomic mass is 10.2. The number of carbonyl (C=O) groups excluding carboxylic acids is 1. The number of hydrogen-bond acceptors (Lipinski definition) is 4. The van der Waals surface area contributed by atoms with Gasteiger partial charge in [-0.05, 0) is 18.2 Å².